The number of hydrogen-bond donors (Lipinski definition) is 1. The molecule has 9 nitrogen and oxygen atoms in total. The van der Waals surface area contributed by atoms with Crippen molar-refractivity contribution in [2.75, 3.05) is 35.3 Å². The second-order valence-corrected chi connectivity index (χ2v) is 10.6. The summed E-state index contributed by atoms with van der Waals surface area (Å²) in [4.78, 5) is 23.4. The van der Waals surface area contributed by atoms with Crippen LogP contribution in [-0.4, -0.2) is 56.2 Å². The molecular weight excluding hydrogens is 448 g/mol. The van der Waals surface area contributed by atoms with Gasteiger partial charge in [0.15, 0.2) is 4.34 Å². The molecule has 1 amide bonds. The van der Waals surface area contributed by atoms with Gasteiger partial charge in [0, 0.05) is 13.0 Å². The van der Waals surface area contributed by atoms with E-state index in [2.05, 4.69) is 20.3 Å². The highest BCUT2D eigenvalue weighted by molar-refractivity contribution is 8.01. The zero-order chi connectivity index (χ0) is 22.3. The van der Waals surface area contributed by atoms with Crippen LogP contribution in [0.2, 0.25) is 0 Å². The molecule has 1 N–H and O–H groups in total. The number of methoxy groups -OCH3 is 1. The Morgan fingerprint density at radius 3 is 2.67 bits per heavy atom. The van der Waals surface area contributed by atoms with Gasteiger partial charge in [-0.1, -0.05) is 35.2 Å². The van der Waals surface area contributed by atoms with Gasteiger partial charge in [0.2, 0.25) is 21.1 Å². The Bertz CT molecular complexity index is 1010. The van der Waals surface area contributed by atoms with E-state index >= 15 is 0 Å². The van der Waals surface area contributed by atoms with E-state index < -0.39 is 10.0 Å². The van der Waals surface area contributed by atoms with Gasteiger partial charge in [-0.2, -0.15) is 0 Å². The second kappa shape index (κ2) is 10.7. The van der Waals surface area contributed by atoms with Crippen LogP contribution in [0.3, 0.4) is 0 Å². The molecule has 0 aliphatic heterocycles. The molecular formula is C18H24N4O5S3. The van der Waals surface area contributed by atoms with E-state index in [0.29, 0.717) is 21.6 Å². The summed E-state index contributed by atoms with van der Waals surface area (Å²) < 4.78 is 31.0. The number of benzene rings is 1. The summed E-state index contributed by atoms with van der Waals surface area (Å²) in [7, 11) is -2.18. The molecule has 1 aromatic carbocycles. The molecule has 12 heteroatoms. The van der Waals surface area contributed by atoms with Crippen molar-refractivity contribution in [3.05, 3.63) is 29.3 Å². The van der Waals surface area contributed by atoms with Crippen molar-refractivity contribution in [1.82, 2.24) is 10.2 Å². The maximum absolute atomic E-state index is 12.3. The summed E-state index contributed by atoms with van der Waals surface area (Å²) in [5, 5.41) is 10.7. The first-order chi connectivity index (χ1) is 14.1. The summed E-state index contributed by atoms with van der Waals surface area (Å²) in [5.41, 5.74) is 2.50. The molecule has 0 unspecified atom stereocenters. The average molecular weight is 473 g/mol. The molecule has 0 aliphatic rings. The predicted molar refractivity (Wildman–Crippen MR) is 119 cm³/mol. The Labute approximate surface area is 184 Å². The van der Waals surface area contributed by atoms with Gasteiger partial charge >= 0.3 is 5.97 Å². The summed E-state index contributed by atoms with van der Waals surface area (Å²) >= 11 is 2.32. The van der Waals surface area contributed by atoms with Gasteiger partial charge in [0.25, 0.3) is 0 Å². The van der Waals surface area contributed by atoms with Crippen molar-refractivity contribution in [3.8, 4) is 0 Å². The number of carbonyl (C=O) groups excluding carboxylic acids is 2. The lowest BCUT2D eigenvalue weighted by molar-refractivity contribution is -0.137. The minimum absolute atomic E-state index is 0.110. The first-order valence-corrected chi connectivity index (χ1v) is 12.6. The van der Waals surface area contributed by atoms with Crippen LogP contribution in [0.15, 0.2) is 22.5 Å². The number of ether oxygens (including phenoxy) is 1. The number of esters is 1. The molecule has 0 atom stereocenters. The third kappa shape index (κ3) is 6.96. The SMILES string of the molecule is COC(=O)CSc1nnc(NC(=O)CCCN(c2cccc(C)c2C)S(C)(=O)=O)s1. The van der Waals surface area contributed by atoms with Gasteiger partial charge in [-0.25, -0.2) is 8.42 Å². The average Bonchev–Trinajstić information content (AvgIpc) is 3.12. The van der Waals surface area contributed by atoms with E-state index in [1.54, 1.807) is 6.07 Å². The fourth-order valence-electron chi connectivity index (χ4n) is 2.53. The van der Waals surface area contributed by atoms with E-state index in [-0.39, 0.29) is 30.6 Å². The fraction of sp³-hybridized carbons (Fsp3) is 0.444. The highest BCUT2D eigenvalue weighted by atomic mass is 32.2. The molecule has 2 aromatic rings. The van der Waals surface area contributed by atoms with Crippen LogP contribution in [-0.2, 0) is 24.3 Å². The topological polar surface area (TPSA) is 119 Å². The van der Waals surface area contributed by atoms with E-state index in [9.17, 15) is 18.0 Å². The molecule has 0 saturated carbocycles. The monoisotopic (exact) mass is 472 g/mol. The second-order valence-electron chi connectivity index (χ2n) is 6.44. The zero-order valence-corrected chi connectivity index (χ0v) is 19.6. The summed E-state index contributed by atoms with van der Waals surface area (Å²) in [6.07, 6.45) is 1.62. The first-order valence-electron chi connectivity index (χ1n) is 8.98. The van der Waals surface area contributed by atoms with Crippen LogP contribution in [0, 0.1) is 13.8 Å². The van der Waals surface area contributed by atoms with Crippen LogP contribution in [0.4, 0.5) is 10.8 Å². The predicted octanol–water partition coefficient (Wildman–Crippen LogP) is 2.60. The molecule has 2 rings (SSSR count). The van der Waals surface area contributed by atoms with E-state index in [0.717, 1.165) is 28.7 Å². The number of amides is 1. The van der Waals surface area contributed by atoms with Gasteiger partial charge < -0.3 is 10.1 Å². The van der Waals surface area contributed by atoms with E-state index in [1.165, 1.54) is 23.2 Å². The fourth-order valence-corrected chi connectivity index (χ4v) is 5.15. The van der Waals surface area contributed by atoms with E-state index in [4.69, 9.17) is 0 Å². The number of aromatic nitrogens is 2. The number of anilines is 2. The minimum Gasteiger partial charge on any atom is -0.468 e. The summed E-state index contributed by atoms with van der Waals surface area (Å²) in [6, 6.07) is 5.50. The summed E-state index contributed by atoms with van der Waals surface area (Å²) in [6.45, 7) is 3.99. The van der Waals surface area contributed by atoms with E-state index in [1.807, 2.05) is 26.0 Å². The maximum atomic E-state index is 12.3. The molecule has 0 saturated heterocycles. The maximum Gasteiger partial charge on any atom is 0.316 e. The number of hydrogen-bond acceptors (Lipinski definition) is 9. The highest BCUT2D eigenvalue weighted by Gasteiger charge is 2.20. The van der Waals surface area contributed by atoms with Crippen molar-refractivity contribution in [2.45, 2.75) is 31.0 Å². The molecule has 1 heterocycles. The van der Waals surface area contributed by atoms with Crippen LogP contribution in [0.5, 0.6) is 0 Å². The number of thioether (sulfide) groups is 1. The number of rotatable bonds is 10. The van der Waals surface area contributed by atoms with Crippen LogP contribution in [0.1, 0.15) is 24.0 Å². The smallest absolute Gasteiger partial charge is 0.316 e. The number of nitrogens with zero attached hydrogens (tertiary/aromatic N) is 3. The Balaban J connectivity index is 1.91. The standard InChI is InChI=1S/C18H24N4O5S3/c1-12-7-5-8-14(13(12)2)22(30(4,25)26)10-6-9-15(23)19-17-20-21-18(29-17)28-11-16(24)27-3/h5,7-8H,6,9-11H2,1-4H3,(H,19,20,23). The molecule has 0 bridgehead atoms. The van der Waals surface area contributed by atoms with Gasteiger partial charge in [0.1, 0.15) is 0 Å². The first kappa shape index (κ1) is 24.1. The largest absolute Gasteiger partial charge is 0.468 e. The number of aryl methyl sites for hydroxylation is 1. The Kier molecular flexibility index (Phi) is 8.62. The normalized spacial score (nSPS) is 11.2. The quantitative estimate of drug-likeness (QED) is 0.318. The minimum atomic E-state index is -3.49. The lowest BCUT2D eigenvalue weighted by atomic mass is 10.1. The molecule has 0 aliphatic carbocycles. The summed E-state index contributed by atoms with van der Waals surface area (Å²) in [5.74, 6) is -0.552. The Hall–Kier alpha value is -2.18. The highest BCUT2D eigenvalue weighted by Crippen LogP contribution is 2.27. The zero-order valence-electron chi connectivity index (χ0n) is 17.2. The molecule has 0 radical (unpaired) electrons. The number of carbonyl (C=O) groups is 2. The van der Waals surface area contributed by atoms with Gasteiger partial charge in [0.05, 0.1) is 24.8 Å². The van der Waals surface area contributed by atoms with Gasteiger partial charge in [-0.3, -0.25) is 13.9 Å². The number of nitrogens with one attached hydrogen (secondary N) is 1. The molecule has 164 valence electrons. The van der Waals surface area contributed by atoms with Crippen molar-refractivity contribution >= 4 is 55.8 Å². The van der Waals surface area contributed by atoms with Crippen molar-refractivity contribution in [1.29, 1.82) is 0 Å². The molecule has 0 spiro atoms. The van der Waals surface area contributed by atoms with Gasteiger partial charge in [-0.05, 0) is 37.5 Å². The third-order valence-corrected chi connectivity index (χ3v) is 7.33. The van der Waals surface area contributed by atoms with Gasteiger partial charge in [-0.15, -0.1) is 10.2 Å². The van der Waals surface area contributed by atoms with Crippen LogP contribution >= 0.6 is 23.1 Å². The molecule has 1 aromatic heterocycles. The van der Waals surface area contributed by atoms with Crippen molar-refractivity contribution in [3.63, 3.8) is 0 Å². The lowest BCUT2D eigenvalue weighted by Crippen LogP contribution is -2.32. The molecule has 0 fully saturated rings. The van der Waals surface area contributed by atoms with Crippen molar-refractivity contribution in [2.24, 2.45) is 0 Å². The van der Waals surface area contributed by atoms with Crippen LogP contribution < -0.4 is 9.62 Å². The Morgan fingerprint density at radius 1 is 1.27 bits per heavy atom. The number of sulfonamides is 1. The van der Waals surface area contributed by atoms with Crippen LogP contribution in [0.25, 0.3) is 0 Å². The molecule has 30 heavy (non-hydrogen) atoms. The Morgan fingerprint density at radius 2 is 2.00 bits per heavy atom. The van der Waals surface area contributed by atoms with Crippen molar-refractivity contribution < 1.29 is 22.7 Å². The third-order valence-electron chi connectivity index (χ3n) is 4.20. The lowest BCUT2D eigenvalue weighted by Gasteiger charge is -2.24.